The molecule has 0 saturated heterocycles. The first-order valence-corrected chi connectivity index (χ1v) is 15.2. The number of methoxy groups -OCH3 is 2. The van der Waals surface area contributed by atoms with Crippen molar-refractivity contribution in [3.8, 4) is 11.3 Å². The van der Waals surface area contributed by atoms with Crippen LogP contribution < -0.4 is 16.2 Å². The first-order valence-electron chi connectivity index (χ1n) is 15.2. The van der Waals surface area contributed by atoms with Gasteiger partial charge in [0.25, 0.3) is 17.4 Å². The summed E-state index contributed by atoms with van der Waals surface area (Å²) >= 11 is 0. The van der Waals surface area contributed by atoms with Crippen LogP contribution in [0.5, 0.6) is 0 Å². The van der Waals surface area contributed by atoms with Crippen molar-refractivity contribution in [2.75, 3.05) is 51.2 Å². The zero-order valence-corrected chi connectivity index (χ0v) is 27.6. The second kappa shape index (κ2) is 15.0. The van der Waals surface area contributed by atoms with Crippen molar-refractivity contribution in [1.82, 2.24) is 14.5 Å². The summed E-state index contributed by atoms with van der Waals surface area (Å²) in [4.78, 5) is 45.6. The van der Waals surface area contributed by atoms with Gasteiger partial charge in [-0.15, -0.1) is 0 Å². The summed E-state index contributed by atoms with van der Waals surface area (Å²) in [6.07, 6.45) is 1.67. The predicted molar refractivity (Wildman–Crippen MR) is 182 cm³/mol. The van der Waals surface area contributed by atoms with Crippen LogP contribution >= 0.6 is 0 Å². The van der Waals surface area contributed by atoms with Crippen molar-refractivity contribution >= 4 is 29.0 Å². The number of nitrogens with one attached hydrogen (secondary N) is 2. The smallest absolute Gasteiger partial charge is 0.293 e. The Morgan fingerprint density at radius 3 is 2.09 bits per heavy atom. The molecule has 10 nitrogen and oxygen atoms in total. The lowest BCUT2D eigenvalue weighted by molar-refractivity contribution is 0.0627. The molecule has 0 bridgehead atoms. The first kappa shape index (κ1) is 34.1. The lowest BCUT2D eigenvalue weighted by Gasteiger charge is -2.22. The Labute approximate surface area is 270 Å². The molecule has 3 aromatic carbocycles. The van der Waals surface area contributed by atoms with Gasteiger partial charge in [0.1, 0.15) is 0 Å². The van der Waals surface area contributed by atoms with Crippen molar-refractivity contribution in [1.29, 1.82) is 0 Å². The third-order valence-electron chi connectivity index (χ3n) is 7.75. The number of carbonyl (C=O) groups excluding carboxylic acids is 2. The van der Waals surface area contributed by atoms with E-state index < -0.39 is 0 Å². The Balaban J connectivity index is 1.54. The van der Waals surface area contributed by atoms with Gasteiger partial charge >= 0.3 is 0 Å². The van der Waals surface area contributed by atoms with Crippen LogP contribution in [-0.2, 0) is 21.9 Å². The summed E-state index contributed by atoms with van der Waals surface area (Å²) in [5, 5.41) is 6.13. The van der Waals surface area contributed by atoms with Gasteiger partial charge < -0.3 is 29.6 Å². The molecular formula is C36H43N5O5. The molecule has 0 aliphatic heterocycles. The molecule has 0 saturated carbocycles. The molecule has 0 aliphatic carbocycles. The molecule has 4 aromatic rings. The van der Waals surface area contributed by atoms with Gasteiger partial charge in [-0.25, -0.2) is 4.98 Å². The van der Waals surface area contributed by atoms with E-state index in [-0.39, 0.29) is 28.6 Å². The molecular weight excluding hydrogens is 582 g/mol. The van der Waals surface area contributed by atoms with Gasteiger partial charge in [0.05, 0.1) is 18.9 Å². The SMILES string of the molecule is COCCN(CCOC)C(=O)c1ccc(Nc2nc(-c3cccc(NC(=O)c4ccc(C(C)(C)C)cc4)c3C)cn(C)c2=O)cc1. The highest BCUT2D eigenvalue weighted by Crippen LogP contribution is 2.29. The van der Waals surface area contributed by atoms with E-state index >= 15 is 0 Å². The molecule has 0 unspecified atom stereocenters. The second-order valence-corrected chi connectivity index (χ2v) is 12.1. The predicted octanol–water partition coefficient (Wildman–Crippen LogP) is 5.78. The Hall–Kier alpha value is -4.80. The Morgan fingerprint density at radius 2 is 1.50 bits per heavy atom. The number of aryl methyl sites for hydroxylation is 1. The normalized spacial score (nSPS) is 11.3. The van der Waals surface area contributed by atoms with Crippen molar-refractivity contribution < 1.29 is 19.1 Å². The van der Waals surface area contributed by atoms with Crippen molar-refractivity contribution in [2.45, 2.75) is 33.1 Å². The maximum Gasteiger partial charge on any atom is 0.293 e. The van der Waals surface area contributed by atoms with Crippen LogP contribution in [0, 0.1) is 6.92 Å². The minimum Gasteiger partial charge on any atom is -0.383 e. The van der Waals surface area contributed by atoms with E-state index in [2.05, 4.69) is 36.4 Å². The average Bonchev–Trinajstić information content (AvgIpc) is 3.04. The average molecular weight is 626 g/mol. The highest BCUT2D eigenvalue weighted by Gasteiger charge is 2.18. The van der Waals surface area contributed by atoms with E-state index in [1.54, 1.807) is 56.6 Å². The van der Waals surface area contributed by atoms with Crippen molar-refractivity contribution in [3.05, 3.63) is 106 Å². The summed E-state index contributed by atoms with van der Waals surface area (Å²) in [6.45, 7) is 10.0. The van der Waals surface area contributed by atoms with Gasteiger partial charge in [-0.2, -0.15) is 0 Å². The lowest BCUT2D eigenvalue weighted by atomic mass is 9.86. The van der Waals surface area contributed by atoms with Crippen LogP contribution in [0.2, 0.25) is 0 Å². The number of anilines is 3. The second-order valence-electron chi connectivity index (χ2n) is 12.1. The number of amides is 2. The molecule has 242 valence electrons. The number of hydrogen-bond donors (Lipinski definition) is 2. The number of aromatic nitrogens is 2. The molecule has 0 radical (unpaired) electrons. The van der Waals surface area contributed by atoms with Crippen LogP contribution in [0.4, 0.5) is 17.2 Å². The molecule has 4 rings (SSSR count). The summed E-state index contributed by atoms with van der Waals surface area (Å²) in [5.74, 6) is -0.214. The summed E-state index contributed by atoms with van der Waals surface area (Å²) in [7, 11) is 4.85. The summed E-state index contributed by atoms with van der Waals surface area (Å²) in [5.41, 5.74) is 5.31. The Morgan fingerprint density at radius 1 is 0.891 bits per heavy atom. The molecule has 2 N–H and O–H groups in total. The fraction of sp³-hybridized carbons (Fsp3) is 0.333. The standard InChI is InChI=1S/C36H43N5O5/c1-24-29(9-8-10-30(24)39-33(42)25-11-15-27(16-12-25)36(2,3)4)31-23-40(5)35(44)32(38-31)37-28-17-13-26(14-18-28)34(43)41(19-21-45-6)20-22-46-7/h8-18,23H,19-22H2,1-7H3,(H,37,38)(H,39,42). The van der Waals surface area contributed by atoms with Gasteiger partial charge in [0, 0.05) is 68.6 Å². The molecule has 46 heavy (non-hydrogen) atoms. The van der Waals surface area contributed by atoms with Gasteiger partial charge in [-0.1, -0.05) is 45.0 Å². The van der Waals surface area contributed by atoms with Crippen LogP contribution in [0.3, 0.4) is 0 Å². The minimum atomic E-state index is -0.310. The molecule has 0 spiro atoms. The molecule has 0 atom stereocenters. The maximum atomic E-state index is 13.1. The molecule has 0 aliphatic rings. The van der Waals surface area contributed by atoms with Gasteiger partial charge in [-0.05, 0) is 65.9 Å². The van der Waals surface area contributed by atoms with E-state index in [0.717, 1.165) is 16.7 Å². The number of nitrogens with zero attached hydrogens (tertiary/aromatic N) is 3. The first-order chi connectivity index (χ1) is 21.9. The van der Waals surface area contributed by atoms with Crippen molar-refractivity contribution in [3.63, 3.8) is 0 Å². The van der Waals surface area contributed by atoms with Gasteiger partial charge in [-0.3, -0.25) is 14.4 Å². The quantitative estimate of drug-likeness (QED) is 0.205. The summed E-state index contributed by atoms with van der Waals surface area (Å²) < 4.78 is 11.8. The number of rotatable bonds is 12. The zero-order chi connectivity index (χ0) is 33.4. The van der Waals surface area contributed by atoms with Crippen molar-refractivity contribution in [2.24, 2.45) is 7.05 Å². The largest absolute Gasteiger partial charge is 0.383 e. The molecule has 2 amide bonds. The fourth-order valence-electron chi connectivity index (χ4n) is 4.92. The van der Waals surface area contributed by atoms with Crippen LogP contribution in [-0.4, -0.2) is 66.8 Å². The Bertz CT molecular complexity index is 1720. The van der Waals surface area contributed by atoms with E-state index in [1.807, 2.05) is 49.4 Å². The van der Waals surface area contributed by atoms with Gasteiger partial charge in [0.15, 0.2) is 5.82 Å². The molecule has 1 heterocycles. The third-order valence-corrected chi connectivity index (χ3v) is 7.75. The minimum absolute atomic E-state index is 0.00492. The monoisotopic (exact) mass is 625 g/mol. The fourth-order valence-corrected chi connectivity index (χ4v) is 4.92. The topological polar surface area (TPSA) is 115 Å². The van der Waals surface area contributed by atoms with E-state index in [9.17, 15) is 14.4 Å². The Kier molecular flexibility index (Phi) is 11.1. The maximum absolute atomic E-state index is 13.1. The molecule has 1 aromatic heterocycles. The molecule has 0 fully saturated rings. The lowest BCUT2D eigenvalue weighted by Crippen LogP contribution is -2.36. The number of ether oxygens (including phenoxy) is 2. The van der Waals surface area contributed by atoms with Crippen LogP contribution in [0.15, 0.2) is 77.7 Å². The zero-order valence-electron chi connectivity index (χ0n) is 27.6. The van der Waals surface area contributed by atoms with E-state index in [4.69, 9.17) is 9.47 Å². The third kappa shape index (κ3) is 8.26. The van der Waals surface area contributed by atoms with Crippen LogP contribution in [0.1, 0.15) is 52.6 Å². The number of benzene rings is 3. The van der Waals surface area contributed by atoms with Crippen LogP contribution in [0.25, 0.3) is 11.3 Å². The summed E-state index contributed by atoms with van der Waals surface area (Å²) in [6, 6.07) is 20.1. The number of carbonyl (C=O) groups is 2. The highest BCUT2D eigenvalue weighted by atomic mass is 16.5. The molecule has 10 heteroatoms. The van der Waals surface area contributed by atoms with E-state index in [1.165, 1.54) is 4.57 Å². The number of hydrogen-bond acceptors (Lipinski definition) is 7. The highest BCUT2D eigenvalue weighted by molar-refractivity contribution is 6.05. The van der Waals surface area contributed by atoms with E-state index in [0.29, 0.717) is 54.5 Å². The van der Waals surface area contributed by atoms with Gasteiger partial charge in [0.2, 0.25) is 0 Å².